The van der Waals surface area contributed by atoms with Crippen LogP contribution in [0.4, 0.5) is 5.88 Å². The number of furan rings is 1. The number of aliphatic hydroxyl groups is 1. The third kappa shape index (κ3) is 2.82. The van der Waals surface area contributed by atoms with Gasteiger partial charge in [0, 0.05) is 18.4 Å². The molecule has 0 radical (unpaired) electrons. The SMILES string of the molecule is CON=CC(=O)N(c1ccco1)C1C(=O)N2CC(CO)(C(=O)O)CS[C@H]12. The summed E-state index contributed by atoms with van der Waals surface area (Å²) in [5.74, 6) is -1.88. The van der Waals surface area contributed by atoms with Crippen LogP contribution >= 0.6 is 11.8 Å². The van der Waals surface area contributed by atoms with E-state index in [2.05, 4.69) is 9.99 Å². The molecule has 0 saturated carbocycles. The van der Waals surface area contributed by atoms with E-state index in [9.17, 15) is 24.6 Å². The molecule has 3 rings (SSSR count). The van der Waals surface area contributed by atoms with Crippen molar-refractivity contribution in [3.05, 3.63) is 18.4 Å². The van der Waals surface area contributed by atoms with Gasteiger partial charge in [0.25, 0.3) is 5.91 Å². The van der Waals surface area contributed by atoms with E-state index in [-0.39, 0.29) is 18.2 Å². The number of carbonyl (C=O) groups excluding carboxylic acids is 2. The zero-order valence-corrected chi connectivity index (χ0v) is 14.6. The monoisotopic (exact) mass is 383 g/mol. The van der Waals surface area contributed by atoms with Gasteiger partial charge in [-0.3, -0.25) is 19.3 Å². The smallest absolute Gasteiger partial charge is 0.314 e. The second kappa shape index (κ2) is 7.00. The fourth-order valence-corrected chi connectivity index (χ4v) is 4.53. The molecule has 26 heavy (non-hydrogen) atoms. The Morgan fingerprint density at radius 1 is 1.62 bits per heavy atom. The van der Waals surface area contributed by atoms with Crippen LogP contribution in [0.5, 0.6) is 0 Å². The highest BCUT2D eigenvalue weighted by atomic mass is 32.2. The highest BCUT2D eigenvalue weighted by molar-refractivity contribution is 8.00. The minimum absolute atomic E-state index is 0.113. The van der Waals surface area contributed by atoms with Gasteiger partial charge in [-0.1, -0.05) is 5.16 Å². The second-order valence-corrected chi connectivity index (χ2v) is 7.04. The third-order valence-corrected chi connectivity index (χ3v) is 5.97. The third-order valence-electron chi connectivity index (χ3n) is 4.40. The molecular weight excluding hydrogens is 366 g/mol. The normalized spacial score (nSPS) is 27.8. The number of anilines is 1. The number of β-lactam (4-membered cyclic amide) rings is 1. The Balaban J connectivity index is 1.85. The van der Waals surface area contributed by atoms with E-state index in [0.29, 0.717) is 0 Å². The molecule has 0 spiro atoms. The van der Waals surface area contributed by atoms with Gasteiger partial charge >= 0.3 is 5.97 Å². The predicted molar refractivity (Wildman–Crippen MR) is 90.6 cm³/mol. The van der Waals surface area contributed by atoms with Gasteiger partial charge in [-0.25, -0.2) is 0 Å². The molecule has 2 saturated heterocycles. The van der Waals surface area contributed by atoms with Crippen LogP contribution in [0.25, 0.3) is 0 Å². The number of thioether (sulfide) groups is 1. The molecule has 2 aliphatic rings. The molecule has 2 unspecified atom stereocenters. The molecule has 1 aromatic heterocycles. The maximum atomic E-state index is 12.7. The molecular formula is C15H17N3O7S. The molecule has 0 aliphatic carbocycles. The summed E-state index contributed by atoms with van der Waals surface area (Å²) in [5.41, 5.74) is -1.40. The Morgan fingerprint density at radius 3 is 2.96 bits per heavy atom. The largest absolute Gasteiger partial charge is 0.481 e. The summed E-state index contributed by atoms with van der Waals surface area (Å²) >= 11 is 1.20. The first kappa shape index (κ1) is 18.3. The predicted octanol–water partition coefficient (Wildman–Crippen LogP) is -0.408. The molecule has 2 fully saturated rings. The van der Waals surface area contributed by atoms with Crippen LogP contribution in [0.1, 0.15) is 0 Å². The summed E-state index contributed by atoms with van der Waals surface area (Å²) in [6.07, 6.45) is 2.31. The lowest BCUT2D eigenvalue weighted by Crippen LogP contribution is -2.75. The molecule has 1 aromatic rings. The van der Waals surface area contributed by atoms with Crippen LogP contribution < -0.4 is 4.90 Å². The van der Waals surface area contributed by atoms with E-state index in [4.69, 9.17) is 4.42 Å². The van der Waals surface area contributed by atoms with Crippen molar-refractivity contribution in [3.8, 4) is 0 Å². The molecule has 2 amide bonds. The van der Waals surface area contributed by atoms with Gasteiger partial charge < -0.3 is 24.4 Å². The van der Waals surface area contributed by atoms with Crippen LogP contribution in [0, 0.1) is 5.41 Å². The van der Waals surface area contributed by atoms with E-state index >= 15 is 0 Å². The average Bonchev–Trinajstić information content (AvgIpc) is 3.17. The number of aliphatic carboxylic acids is 1. The lowest BCUT2D eigenvalue weighted by atomic mass is 9.88. The number of carbonyl (C=O) groups is 3. The summed E-state index contributed by atoms with van der Waals surface area (Å²) in [7, 11) is 1.29. The van der Waals surface area contributed by atoms with Crippen LogP contribution in [-0.2, 0) is 19.2 Å². The minimum atomic E-state index is -1.40. The Morgan fingerprint density at radius 2 is 2.38 bits per heavy atom. The molecule has 2 aliphatic heterocycles. The van der Waals surface area contributed by atoms with E-state index in [0.717, 1.165) is 6.21 Å². The molecule has 0 bridgehead atoms. The second-order valence-electron chi connectivity index (χ2n) is 5.93. The number of carboxylic acid groups (broad SMARTS) is 1. The van der Waals surface area contributed by atoms with Crippen molar-refractivity contribution in [2.45, 2.75) is 11.4 Å². The fourth-order valence-electron chi connectivity index (χ4n) is 2.95. The molecule has 3 atom stereocenters. The highest BCUT2D eigenvalue weighted by Gasteiger charge is 2.59. The van der Waals surface area contributed by atoms with Crippen molar-refractivity contribution in [2.24, 2.45) is 10.6 Å². The number of nitrogens with zero attached hydrogens (tertiary/aromatic N) is 3. The lowest BCUT2D eigenvalue weighted by molar-refractivity contribution is -0.159. The Labute approximate surface area is 152 Å². The van der Waals surface area contributed by atoms with Gasteiger partial charge in [-0.15, -0.1) is 11.8 Å². The van der Waals surface area contributed by atoms with Crippen molar-refractivity contribution in [1.29, 1.82) is 0 Å². The summed E-state index contributed by atoms with van der Waals surface area (Å²) in [5, 5.41) is 21.9. The Hall–Kier alpha value is -2.53. The minimum Gasteiger partial charge on any atom is -0.481 e. The van der Waals surface area contributed by atoms with Crippen LogP contribution in [0.2, 0.25) is 0 Å². The van der Waals surface area contributed by atoms with E-state index < -0.39 is 41.2 Å². The fraction of sp³-hybridized carbons (Fsp3) is 0.467. The Bertz CT molecular complexity index is 738. The standard InChI is InChI=1S/C15H17N3O7S/c1-24-16-5-9(20)18(10-3-2-4-25-10)11-12(21)17-6-15(7-19,14(22)23)8-26-13(11)17/h2-5,11,13,19H,6-8H2,1H3,(H,22,23)/t11?,13-,15?/m1/s1. The number of carboxylic acids is 1. The average molecular weight is 383 g/mol. The number of aliphatic hydroxyl groups excluding tert-OH is 1. The summed E-state index contributed by atoms with van der Waals surface area (Å²) in [4.78, 5) is 43.7. The molecule has 2 N–H and O–H groups in total. The first-order chi connectivity index (χ1) is 12.4. The number of hydrogen-bond acceptors (Lipinski definition) is 8. The zero-order chi connectivity index (χ0) is 18.9. The zero-order valence-electron chi connectivity index (χ0n) is 13.8. The van der Waals surface area contributed by atoms with E-state index in [1.165, 1.54) is 41.0 Å². The van der Waals surface area contributed by atoms with Gasteiger partial charge in [-0.2, -0.15) is 0 Å². The topological polar surface area (TPSA) is 133 Å². The summed E-state index contributed by atoms with van der Waals surface area (Å²) < 4.78 is 5.27. The number of fused-ring (bicyclic) bond motifs is 1. The molecule has 0 aromatic carbocycles. The van der Waals surface area contributed by atoms with Crippen molar-refractivity contribution >= 4 is 41.6 Å². The number of hydrogen-bond donors (Lipinski definition) is 2. The van der Waals surface area contributed by atoms with Crippen LogP contribution in [-0.4, -0.2) is 76.5 Å². The van der Waals surface area contributed by atoms with Crippen molar-refractivity contribution < 1.29 is 33.9 Å². The number of rotatable bonds is 6. The van der Waals surface area contributed by atoms with Crippen LogP contribution in [0.3, 0.4) is 0 Å². The number of amides is 2. The maximum absolute atomic E-state index is 12.7. The first-order valence-corrected chi connectivity index (χ1v) is 8.69. The van der Waals surface area contributed by atoms with Gasteiger partial charge in [-0.05, 0) is 6.07 Å². The molecule has 3 heterocycles. The lowest BCUT2D eigenvalue weighted by Gasteiger charge is -2.55. The summed E-state index contributed by atoms with van der Waals surface area (Å²) in [6, 6.07) is 2.27. The molecule has 11 heteroatoms. The molecule has 140 valence electrons. The maximum Gasteiger partial charge on any atom is 0.314 e. The van der Waals surface area contributed by atoms with Gasteiger partial charge in [0.15, 0.2) is 0 Å². The first-order valence-electron chi connectivity index (χ1n) is 7.65. The van der Waals surface area contributed by atoms with Crippen molar-refractivity contribution in [1.82, 2.24) is 4.90 Å². The van der Waals surface area contributed by atoms with E-state index in [1.54, 1.807) is 6.07 Å². The molecule has 10 nitrogen and oxygen atoms in total. The highest BCUT2D eigenvalue weighted by Crippen LogP contribution is 2.44. The van der Waals surface area contributed by atoms with Crippen molar-refractivity contribution in [2.75, 3.05) is 30.9 Å². The Kier molecular flexibility index (Phi) is 4.92. The number of oxime groups is 1. The van der Waals surface area contributed by atoms with Gasteiger partial charge in [0.1, 0.15) is 30.2 Å². The van der Waals surface area contributed by atoms with Gasteiger partial charge in [0.05, 0.1) is 12.9 Å². The quantitative estimate of drug-likeness (QED) is 0.385. The van der Waals surface area contributed by atoms with E-state index in [1.807, 2.05) is 0 Å². The summed E-state index contributed by atoms with van der Waals surface area (Å²) in [6.45, 7) is -0.685. The van der Waals surface area contributed by atoms with Crippen LogP contribution in [0.15, 0.2) is 28.0 Å². The van der Waals surface area contributed by atoms with Crippen molar-refractivity contribution in [3.63, 3.8) is 0 Å². The van der Waals surface area contributed by atoms with Gasteiger partial charge in [0.2, 0.25) is 11.8 Å².